The van der Waals surface area contributed by atoms with Crippen LogP contribution in [-0.2, 0) is 43.4 Å². The molecule has 16 nitrogen and oxygen atoms in total. The van der Waals surface area contributed by atoms with Crippen molar-refractivity contribution in [2.75, 3.05) is 7.11 Å². The third-order valence-electron chi connectivity index (χ3n) is 16.3. The van der Waals surface area contributed by atoms with E-state index in [4.69, 9.17) is 23.7 Å². The SMILES string of the molecule is COc1ccc(S(=O)(=O)N[C@@H]2C3C[C@@H]4O[C@@H]4[C@H](O)[C@]3(C)[C@H]3[C@H](OC(C)=O)[C@H](O)[C@@]4(C(C)=O)[C@@H]([C@@H](O)[C@@H]5[C@@H]4[C@H](C)[C@H]4O[C@]46OC(=O)[C@@](C)(O)[C@]56C)[C@@H]3[C@H]2O)cc1. The zero-order valence-electron chi connectivity index (χ0n) is 31.5. The Hall–Kier alpha value is -2.74. The molecule has 0 bridgehead atoms. The van der Waals surface area contributed by atoms with Gasteiger partial charge in [-0.3, -0.25) is 9.59 Å². The highest BCUT2D eigenvalue weighted by atomic mass is 32.2. The molecule has 5 aliphatic carbocycles. The van der Waals surface area contributed by atoms with Gasteiger partial charge in [0.1, 0.15) is 35.9 Å². The fraction of sp³-hybridized carbons (Fsp3) is 0.763. The zero-order valence-corrected chi connectivity index (χ0v) is 32.3. The summed E-state index contributed by atoms with van der Waals surface area (Å²) in [7, 11) is -2.96. The number of fused-ring (bicyclic) bond motifs is 9. The molecule has 9 rings (SSSR count). The predicted molar refractivity (Wildman–Crippen MR) is 184 cm³/mol. The molecule has 0 radical (unpaired) electrons. The average molecular weight is 792 g/mol. The minimum Gasteiger partial charge on any atom is -0.497 e. The van der Waals surface area contributed by atoms with Crippen LogP contribution in [0.5, 0.6) is 5.75 Å². The number of hydrogen-bond donors (Lipinski definition) is 6. The van der Waals surface area contributed by atoms with E-state index in [1.165, 1.54) is 45.2 Å². The van der Waals surface area contributed by atoms with E-state index in [0.717, 1.165) is 6.92 Å². The Morgan fingerprint density at radius 1 is 0.945 bits per heavy atom. The van der Waals surface area contributed by atoms with E-state index in [2.05, 4.69) is 4.72 Å². The number of epoxide rings is 2. The number of aliphatic hydroxyl groups is 5. The molecule has 3 aliphatic heterocycles. The number of hydrogen-bond acceptors (Lipinski definition) is 15. The van der Waals surface area contributed by atoms with Crippen molar-refractivity contribution in [3.05, 3.63) is 24.3 Å². The summed E-state index contributed by atoms with van der Waals surface area (Å²) in [6.45, 7) is 8.63. The van der Waals surface area contributed by atoms with Crippen molar-refractivity contribution in [2.24, 2.45) is 57.7 Å². The lowest BCUT2D eigenvalue weighted by Gasteiger charge is -2.67. The van der Waals surface area contributed by atoms with Crippen LogP contribution in [0.2, 0.25) is 0 Å². The van der Waals surface area contributed by atoms with Gasteiger partial charge in [0.05, 0.1) is 53.3 Å². The molecule has 1 unspecified atom stereocenters. The van der Waals surface area contributed by atoms with Crippen LogP contribution in [0.3, 0.4) is 0 Å². The van der Waals surface area contributed by atoms with E-state index >= 15 is 0 Å². The van der Waals surface area contributed by atoms with Crippen LogP contribution in [-0.4, -0.2) is 125 Å². The fourth-order valence-electron chi connectivity index (χ4n) is 13.8. The highest BCUT2D eigenvalue weighted by Crippen LogP contribution is 2.80. The van der Waals surface area contributed by atoms with Gasteiger partial charge >= 0.3 is 11.9 Å². The number of ketones is 1. The lowest BCUT2D eigenvalue weighted by molar-refractivity contribution is -0.278. The molecule has 3 saturated heterocycles. The molecular formula is C38H49NO15S. The van der Waals surface area contributed by atoms with Gasteiger partial charge in [0, 0.05) is 30.1 Å². The molecule has 302 valence electrons. The molecule has 21 atom stereocenters. The first kappa shape index (κ1) is 37.8. The number of Topliss-reactive ketones (excluding diaryl/α,β-unsaturated/α-hetero) is 1. The minimum absolute atomic E-state index is 0.137. The number of rotatable bonds is 6. The zero-order chi connectivity index (χ0) is 39.9. The van der Waals surface area contributed by atoms with Gasteiger partial charge in [0.15, 0.2) is 5.60 Å². The summed E-state index contributed by atoms with van der Waals surface area (Å²) < 4.78 is 60.1. The number of carbonyl (C=O) groups excluding carboxylic acids is 3. The Morgan fingerprint density at radius 2 is 1.60 bits per heavy atom. The molecule has 55 heavy (non-hydrogen) atoms. The summed E-state index contributed by atoms with van der Waals surface area (Å²) in [6, 6.07) is 4.28. The van der Waals surface area contributed by atoms with Crippen LogP contribution in [0.1, 0.15) is 48.0 Å². The Kier molecular flexibility index (Phi) is 7.74. The summed E-state index contributed by atoms with van der Waals surface area (Å²) in [5.74, 6) is -11.3. The number of ether oxygens (including phenoxy) is 5. The quantitative estimate of drug-likeness (QED) is 0.154. The van der Waals surface area contributed by atoms with Crippen LogP contribution in [0.25, 0.3) is 0 Å². The standard InChI is InChI=1S/C38H49NO15S/c1-13-21-24(35(5)36(6,47)33(46)54-38(35)32(13)53-38)27(43)22-20-23(29(51-15(3)41)31(45)37(21,22)14(2)40)34(4)18(12-19-28(52-19)30(34)44)25(26(20)42)39-55(48,49)17-10-8-16(50-7)9-11-17/h8-11,13,18-32,39,42-45,47H,12H2,1-7H3/t13-,18?,19-,20-,21-,22+,23+,24-,25+,26+,27+,28-,29-,30-,31-,32+,34-,35-,36+,37+,38-/m0/s1. The van der Waals surface area contributed by atoms with Crippen LogP contribution in [0, 0.1) is 57.7 Å². The smallest absolute Gasteiger partial charge is 0.341 e. The molecule has 5 saturated carbocycles. The Balaban J connectivity index is 1.26. The van der Waals surface area contributed by atoms with Crippen LogP contribution in [0.4, 0.5) is 0 Å². The van der Waals surface area contributed by atoms with Gasteiger partial charge < -0.3 is 49.2 Å². The van der Waals surface area contributed by atoms with Crippen LogP contribution in [0.15, 0.2) is 29.2 Å². The van der Waals surface area contributed by atoms with Crippen LogP contribution < -0.4 is 9.46 Å². The number of carbonyl (C=O) groups is 3. The van der Waals surface area contributed by atoms with Gasteiger partial charge in [0.25, 0.3) is 0 Å². The van der Waals surface area contributed by atoms with Crippen molar-refractivity contribution in [2.45, 2.75) is 119 Å². The van der Waals surface area contributed by atoms with E-state index in [-0.39, 0.29) is 11.3 Å². The maximum Gasteiger partial charge on any atom is 0.341 e. The summed E-state index contributed by atoms with van der Waals surface area (Å²) >= 11 is 0. The Morgan fingerprint density at radius 3 is 2.20 bits per heavy atom. The van der Waals surface area contributed by atoms with E-state index in [1.807, 2.05) is 0 Å². The average Bonchev–Trinajstić information content (AvgIpc) is 4.03. The largest absolute Gasteiger partial charge is 0.497 e. The highest BCUT2D eigenvalue weighted by molar-refractivity contribution is 7.89. The van der Waals surface area contributed by atoms with Gasteiger partial charge in [-0.15, -0.1) is 0 Å². The van der Waals surface area contributed by atoms with Crippen LogP contribution >= 0.6 is 0 Å². The third-order valence-corrected chi connectivity index (χ3v) is 17.7. The number of nitrogens with one attached hydrogen (secondary N) is 1. The molecule has 17 heteroatoms. The predicted octanol–water partition coefficient (Wildman–Crippen LogP) is -0.733. The molecule has 8 fully saturated rings. The van der Waals surface area contributed by atoms with Crippen molar-refractivity contribution in [1.29, 1.82) is 0 Å². The molecule has 0 amide bonds. The van der Waals surface area contributed by atoms with Crippen molar-refractivity contribution < 1.29 is 72.0 Å². The number of aliphatic hydroxyl groups excluding tert-OH is 4. The van der Waals surface area contributed by atoms with Gasteiger partial charge in [-0.05, 0) is 75.1 Å². The monoisotopic (exact) mass is 791 g/mol. The van der Waals surface area contributed by atoms with Gasteiger partial charge in [-0.1, -0.05) is 13.8 Å². The van der Waals surface area contributed by atoms with E-state index in [9.17, 15) is 48.3 Å². The summed E-state index contributed by atoms with van der Waals surface area (Å²) in [5.41, 5.74) is -7.39. The van der Waals surface area contributed by atoms with Gasteiger partial charge in [-0.25, -0.2) is 17.9 Å². The second-order valence-corrected chi connectivity index (χ2v) is 19.7. The van der Waals surface area contributed by atoms with E-state index in [0.29, 0.717) is 5.75 Å². The number of benzene rings is 1. The van der Waals surface area contributed by atoms with Gasteiger partial charge in [-0.2, -0.15) is 0 Å². The maximum absolute atomic E-state index is 14.7. The van der Waals surface area contributed by atoms with Gasteiger partial charge in [0.2, 0.25) is 15.8 Å². The number of methoxy groups -OCH3 is 1. The molecule has 6 N–H and O–H groups in total. The molecule has 0 aromatic heterocycles. The van der Waals surface area contributed by atoms with E-state index < -0.39 is 152 Å². The first-order chi connectivity index (χ1) is 25.6. The van der Waals surface area contributed by atoms with Crippen molar-refractivity contribution in [1.82, 2.24) is 4.72 Å². The lowest BCUT2D eigenvalue weighted by Crippen LogP contribution is -2.77. The summed E-state index contributed by atoms with van der Waals surface area (Å²) in [6.07, 6.45) is -9.84. The molecule has 1 aromatic rings. The van der Waals surface area contributed by atoms with Crippen molar-refractivity contribution in [3.8, 4) is 5.75 Å². The number of sulfonamides is 1. The summed E-state index contributed by atoms with van der Waals surface area (Å²) in [5, 5.41) is 62.9. The first-order valence-corrected chi connectivity index (χ1v) is 20.4. The normalized spacial score (nSPS) is 55.2. The summed E-state index contributed by atoms with van der Waals surface area (Å²) in [4.78, 5) is 40.9. The second kappa shape index (κ2) is 11.3. The van der Waals surface area contributed by atoms with E-state index in [1.54, 1.807) is 20.8 Å². The second-order valence-electron chi connectivity index (χ2n) is 18.0. The Labute approximate surface area is 317 Å². The molecule has 8 aliphatic rings. The van der Waals surface area contributed by atoms with Crippen molar-refractivity contribution >= 4 is 27.7 Å². The highest BCUT2D eigenvalue weighted by Gasteiger charge is 2.93. The molecule has 1 aromatic carbocycles. The first-order valence-electron chi connectivity index (χ1n) is 19.0. The fourth-order valence-corrected chi connectivity index (χ4v) is 15.1. The van der Waals surface area contributed by atoms with Crippen molar-refractivity contribution in [3.63, 3.8) is 0 Å². The molecular weight excluding hydrogens is 742 g/mol. The number of esters is 2. The lowest BCUT2D eigenvalue weighted by atomic mass is 9.39. The molecule has 3 heterocycles. The maximum atomic E-state index is 14.7. The minimum atomic E-state index is -4.40. The third kappa shape index (κ3) is 4.19. The Bertz CT molecular complexity index is 1980. The topological polar surface area (TPSA) is 251 Å². The molecule has 1 spiro atoms.